The molecule has 1 aliphatic heterocycles. The highest BCUT2D eigenvalue weighted by atomic mass is 35.5. The van der Waals surface area contributed by atoms with Gasteiger partial charge in [-0.05, 0) is 132 Å². The Labute approximate surface area is 635 Å². The molecule has 3 atom stereocenters. The highest BCUT2D eigenvalue weighted by Gasteiger charge is 2.30. The zero-order valence-electron chi connectivity index (χ0n) is 62.5. The van der Waals surface area contributed by atoms with Crippen molar-refractivity contribution in [3.05, 3.63) is 213 Å². The number of amides is 2. The maximum Gasteiger partial charge on any atom is 0.381 e. The van der Waals surface area contributed by atoms with Gasteiger partial charge in [-0.1, -0.05) is 164 Å². The molecule has 2 aromatic heterocycles. The lowest BCUT2D eigenvalue weighted by Crippen LogP contribution is -2.39. The fourth-order valence-electron chi connectivity index (χ4n) is 9.63. The van der Waals surface area contributed by atoms with Crippen molar-refractivity contribution in [2.24, 2.45) is 11.5 Å². The van der Waals surface area contributed by atoms with E-state index in [1.54, 1.807) is 57.7 Å². The van der Waals surface area contributed by atoms with Gasteiger partial charge in [0.2, 0.25) is 0 Å². The fraction of sp³-hybridized carbons (Fsp3) is 0.346. The van der Waals surface area contributed by atoms with Crippen molar-refractivity contribution in [2.45, 2.75) is 123 Å². The Morgan fingerprint density at radius 1 is 0.604 bits per heavy atom. The van der Waals surface area contributed by atoms with Crippen LogP contribution in [0.5, 0.6) is 0 Å². The zero-order valence-corrected chi connectivity index (χ0v) is 66.0. The molecule has 25 heteroatoms. The number of carboxylic acid groups (broad SMARTS) is 2. The second kappa shape index (κ2) is 51.7. The molecule has 0 saturated heterocycles. The van der Waals surface area contributed by atoms with Crippen molar-refractivity contribution >= 4 is 114 Å². The van der Waals surface area contributed by atoms with Crippen LogP contribution in [0.1, 0.15) is 153 Å². The molecule has 3 heterocycles. The Morgan fingerprint density at radius 2 is 1.06 bits per heavy atom. The van der Waals surface area contributed by atoms with E-state index in [2.05, 4.69) is 154 Å². The van der Waals surface area contributed by atoms with E-state index in [9.17, 15) is 43.2 Å². The maximum absolute atomic E-state index is 12.3. The normalized spacial score (nSPS) is 12.5. The monoisotopic (exact) mass is 1520 g/mol. The number of benzene rings is 6. The number of hydrogen-bond acceptors (Lipinski definition) is 15. The summed E-state index contributed by atoms with van der Waals surface area (Å²) in [6, 6.07) is 44.1. The van der Waals surface area contributed by atoms with Gasteiger partial charge in [0, 0.05) is 126 Å². The van der Waals surface area contributed by atoms with Crippen LogP contribution in [0.15, 0.2) is 152 Å². The molecule has 106 heavy (non-hydrogen) atoms. The first-order chi connectivity index (χ1) is 50.5. The molecule has 0 bridgehead atoms. The van der Waals surface area contributed by atoms with E-state index in [-0.39, 0.29) is 23.4 Å². The number of carbonyl (C=O) groups is 9. The Bertz CT molecular complexity index is 4030. The van der Waals surface area contributed by atoms with Crippen LogP contribution in [0.3, 0.4) is 0 Å². The van der Waals surface area contributed by atoms with Crippen molar-refractivity contribution in [3.63, 3.8) is 0 Å². The number of aromatic nitrogens is 2. The highest BCUT2D eigenvalue weighted by Crippen LogP contribution is 2.36. The first-order valence-electron chi connectivity index (χ1n) is 34.6. The number of aliphatic carboxylic acids is 1. The van der Waals surface area contributed by atoms with E-state index < -0.39 is 38.6 Å². The first kappa shape index (κ1) is 92.6. The van der Waals surface area contributed by atoms with Gasteiger partial charge in [0.15, 0.2) is 0 Å². The van der Waals surface area contributed by atoms with Crippen LogP contribution < -0.4 is 27.4 Å². The topological polar surface area (TPSA) is 341 Å². The maximum atomic E-state index is 12.3. The number of aromatic amines is 2. The molecular formula is C81H103Cl2N7O14Si2. The molecule has 6 aromatic carbocycles. The van der Waals surface area contributed by atoms with E-state index in [1.165, 1.54) is 113 Å². The Kier molecular flexibility index (Phi) is 45.1. The van der Waals surface area contributed by atoms with E-state index in [0.29, 0.717) is 97.5 Å². The van der Waals surface area contributed by atoms with Gasteiger partial charge in [0.1, 0.15) is 35.0 Å². The quantitative estimate of drug-likeness (QED) is 0.00892. The SMILES string of the molecule is CCCC[C@H](N)Cc1c[nH]c2ccccc12.CCCC[C@H]1Cc2c([nH]c3ccccc23)[C@H](c2ccc(C(=O)NCCOC)cc2)N1.COCCN.COCCNC(=O)c1ccc(C=O)cc1.C[Si](C)(C)C#CC(=O)Cl.C[Si](C)(C)C#CC(=O)O.O=Cc1ccc(C(=O)Cl)cc1.O=Cc1ccc(C(=O)O)cc1. The highest BCUT2D eigenvalue weighted by molar-refractivity contribution is 6.85. The molecule has 11 N–H and O–H groups in total. The lowest BCUT2D eigenvalue weighted by molar-refractivity contribution is -0.130. The minimum Gasteiger partial charge on any atom is -0.478 e. The van der Waals surface area contributed by atoms with Crippen molar-refractivity contribution in [1.29, 1.82) is 0 Å². The molecule has 568 valence electrons. The molecule has 21 nitrogen and oxygen atoms in total. The summed E-state index contributed by atoms with van der Waals surface area (Å²) in [4.78, 5) is 102. The minimum atomic E-state index is -1.46. The van der Waals surface area contributed by atoms with Gasteiger partial charge in [-0.15, -0.1) is 11.1 Å². The number of aldehydes is 3. The molecule has 0 aliphatic carbocycles. The Hall–Kier alpha value is -9.48. The number of hydrogen-bond donors (Lipinski definition) is 9. The van der Waals surface area contributed by atoms with Gasteiger partial charge in [0.25, 0.3) is 22.3 Å². The Balaban J connectivity index is 0.000000437. The number of unbranched alkanes of at least 4 members (excludes halogenated alkanes) is 2. The van der Waals surface area contributed by atoms with Gasteiger partial charge in [0.05, 0.1) is 31.4 Å². The average molecular weight is 1530 g/mol. The lowest BCUT2D eigenvalue weighted by Gasteiger charge is -2.32. The summed E-state index contributed by atoms with van der Waals surface area (Å²) in [7, 11) is 1.99. The lowest BCUT2D eigenvalue weighted by atomic mass is 9.88. The summed E-state index contributed by atoms with van der Waals surface area (Å²) in [5.74, 6) is 2.19. The van der Waals surface area contributed by atoms with Gasteiger partial charge < -0.3 is 61.8 Å². The van der Waals surface area contributed by atoms with Gasteiger partial charge in [-0.3, -0.25) is 33.6 Å². The summed E-state index contributed by atoms with van der Waals surface area (Å²) in [5, 5.41) is 27.6. The molecule has 0 radical (unpaired) electrons. The van der Waals surface area contributed by atoms with Gasteiger partial charge >= 0.3 is 11.9 Å². The molecule has 0 unspecified atom stereocenters. The predicted molar refractivity (Wildman–Crippen MR) is 429 cm³/mol. The number of carbonyl (C=O) groups excluding carboxylic acids is 7. The summed E-state index contributed by atoms with van der Waals surface area (Å²) < 4.78 is 14.4. The number of nitrogens with two attached hydrogens (primary N) is 2. The van der Waals surface area contributed by atoms with Gasteiger partial charge in [-0.25, -0.2) is 9.59 Å². The third kappa shape index (κ3) is 38.0. The first-order valence-corrected chi connectivity index (χ1v) is 42.3. The number of methoxy groups -OCH3 is 3. The van der Waals surface area contributed by atoms with E-state index >= 15 is 0 Å². The summed E-state index contributed by atoms with van der Waals surface area (Å²) in [5.41, 5.74) is 27.7. The van der Waals surface area contributed by atoms with Crippen LogP contribution >= 0.6 is 23.2 Å². The molecule has 8 aromatic rings. The van der Waals surface area contributed by atoms with Crippen LogP contribution in [0, 0.1) is 22.9 Å². The van der Waals surface area contributed by atoms with Crippen LogP contribution in [0.25, 0.3) is 21.8 Å². The Morgan fingerprint density at radius 3 is 1.46 bits per heavy atom. The predicted octanol–water partition coefficient (Wildman–Crippen LogP) is 13.7. The molecule has 2 amide bonds. The van der Waals surface area contributed by atoms with Gasteiger partial charge in [-0.2, -0.15) is 0 Å². The second-order valence-electron chi connectivity index (χ2n) is 25.9. The molecule has 9 rings (SSSR count). The standard InChI is InChI=1S/C25H31N3O2.C14H20N2.C11H13NO3.C8H5ClO2.C8H6O3.C6H9ClOSi.C6H10O2Si.C3H9NO/c1-3-4-7-19-16-21-20-8-5-6-9-22(20)28-24(21)23(27-19)17-10-12-18(13-11-17)25(29)26-14-15-30-2;1-2-3-6-12(15)9-11-10-16-14-8-5-4-7-13(11)14;1-15-7-6-12-11(14)10-4-2-9(8-13)3-5-10;9-8(11)7-3-1-6(5-10)2-4-7;9-5-6-1-3-7(4-2-6)8(10)11;2*1-9(2,3)5-4-6(7)8;1-5-3-2-4/h5-6,8-13,19,23,27-28H,3-4,7,14-16H2,1-2H3,(H,26,29);4-5,7-8,10,12,16H,2-3,6,9,15H2,1H3;2-5,8H,6-7H2,1H3,(H,12,14);1-5H;1-5H,(H,10,11);1-3H3;1-3H3,(H,7,8);2-4H2,1H3/t19-,23-;12-;;;;;;/m00....../s1. The van der Waals surface area contributed by atoms with Crippen molar-refractivity contribution in [3.8, 4) is 22.9 Å². The van der Waals surface area contributed by atoms with Crippen molar-refractivity contribution < 1.29 is 67.6 Å². The summed E-state index contributed by atoms with van der Waals surface area (Å²) in [6.45, 7) is 19.9. The van der Waals surface area contributed by atoms with Crippen LogP contribution in [0.2, 0.25) is 39.3 Å². The van der Waals surface area contributed by atoms with Crippen molar-refractivity contribution in [2.75, 3.05) is 60.8 Å². The van der Waals surface area contributed by atoms with E-state index in [4.69, 9.17) is 54.4 Å². The second-order valence-corrected chi connectivity index (χ2v) is 36.1. The van der Waals surface area contributed by atoms with Crippen LogP contribution in [-0.4, -0.2) is 162 Å². The minimum absolute atomic E-state index is 0.0673. The number of para-hydroxylation sites is 2. The fourth-order valence-corrected chi connectivity index (χ4v) is 10.9. The molecule has 0 saturated carbocycles. The molecule has 1 aliphatic rings. The smallest absolute Gasteiger partial charge is 0.381 e. The van der Waals surface area contributed by atoms with Crippen LogP contribution in [0.4, 0.5) is 0 Å². The van der Waals surface area contributed by atoms with Crippen molar-refractivity contribution in [1.82, 2.24) is 25.9 Å². The average Bonchev–Trinajstić information content (AvgIpc) is 1.60. The third-order valence-electron chi connectivity index (χ3n) is 14.9. The number of aromatic carboxylic acids is 1. The number of carboxylic acids is 2. The molecule has 0 fully saturated rings. The largest absolute Gasteiger partial charge is 0.478 e. The molecular weight excluding hydrogens is 1420 g/mol. The number of ether oxygens (including phenoxy) is 3. The number of fused-ring (bicyclic) bond motifs is 4. The van der Waals surface area contributed by atoms with E-state index in [1.807, 2.05) is 31.8 Å². The van der Waals surface area contributed by atoms with E-state index in [0.717, 1.165) is 25.5 Å². The number of H-pyrrole nitrogens is 2. The summed E-state index contributed by atoms with van der Waals surface area (Å²) >= 11 is 10.2. The van der Waals surface area contributed by atoms with Crippen LogP contribution in [-0.2, 0) is 36.6 Å². The zero-order chi connectivity index (χ0) is 79.0. The summed E-state index contributed by atoms with van der Waals surface area (Å²) in [6.07, 6.45) is 13.4. The number of halogens is 2. The molecule has 0 spiro atoms. The third-order valence-corrected chi connectivity index (χ3v) is 17.0. The number of nitrogens with one attached hydrogen (secondary N) is 5. The number of rotatable bonds is 24.